The summed E-state index contributed by atoms with van der Waals surface area (Å²) >= 11 is 0. The molecule has 10 atom stereocenters. The van der Waals surface area contributed by atoms with Gasteiger partial charge in [-0.15, -0.1) is 0 Å². The molecule has 14 heteroatoms. The zero-order valence-corrected chi connectivity index (χ0v) is 18.9. The van der Waals surface area contributed by atoms with Crippen LogP contribution >= 0.6 is 0 Å². The maximum atomic E-state index is 12.0. The van der Waals surface area contributed by atoms with E-state index in [2.05, 4.69) is 0 Å². The molecule has 0 aliphatic carbocycles. The molecule has 35 heavy (non-hydrogen) atoms. The summed E-state index contributed by atoms with van der Waals surface area (Å²) in [6, 6.07) is 2.43. The number of benzene rings is 1. The van der Waals surface area contributed by atoms with E-state index in [-0.39, 0.29) is 17.1 Å². The Morgan fingerprint density at radius 2 is 1.46 bits per heavy atom. The second-order valence-electron chi connectivity index (χ2n) is 8.24. The average Bonchev–Trinajstić information content (AvgIpc) is 2.82. The van der Waals surface area contributed by atoms with Crippen LogP contribution in [0.1, 0.15) is 17.3 Å². The van der Waals surface area contributed by atoms with Crippen molar-refractivity contribution in [1.29, 1.82) is 0 Å². The predicted octanol–water partition coefficient (Wildman–Crippen LogP) is -3.39. The molecule has 0 aromatic heterocycles. The van der Waals surface area contributed by atoms with E-state index in [0.717, 1.165) is 0 Å². The van der Waals surface area contributed by atoms with Gasteiger partial charge < -0.3 is 64.5 Å². The fourth-order valence-electron chi connectivity index (χ4n) is 3.81. The maximum absolute atomic E-state index is 12.0. The second kappa shape index (κ2) is 11.3. The number of hydrogen-bond acceptors (Lipinski definition) is 14. The Morgan fingerprint density at radius 3 is 2.03 bits per heavy atom. The third-order valence-electron chi connectivity index (χ3n) is 5.83. The van der Waals surface area contributed by atoms with Gasteiger partial charge in [0.05, 0.1) is 20.3 Å². The third-order valence-corrected chi connectivity index (χ3v) is 5.83. The van der Waals surface area contributed by atoms with Gasteiger partial charge in [0.15, 0.2) is 12.1 Å². The minimum atomic E-state index is -1.79. The van der Waals surface area contributed by atoms with Crippen molar-refractivity contribution >= 4 is 5.78 Å². The second-order valence-corrected chi connectivity index (χ2v) is 8.24. The van der Waals surface area contributed by atoms with Gasteiger partial charge in [-0.2, -0.15) is 0 Å². The highest BCUT2D eigenvalue weighted by molar-refractivity contribution is 5.99. The zero-order chi connectivity index (χ0) is 26.0. The Bertz CT molecular complexity index is 878. The lowest BCUT2D eigenvalue weighted by atomic mass is 9.98. The van der Waals surface area contributed by atoms with Crippen LogP contribution in [0, 0.1) is 0 Å². The summed E-state index contributed by atoms with van der Waals surface area (Å²) in [5.74, 6) is -1.14. The van der Waals surface area contributed by atoms with E-state index in [1.165, 1.54) is 26.2 Å². The van der Waals surface area contributed by atoms with E-state index < -0.39 is 86.2 Å². The molecule has 198 valence electrons. The van der Waals surface area contributed by atoms with Gasteiger partial charge in [-0.05, 0) is 6.92 Å². The van der Waals surface area contributed by atoms with Crippen molar-refractivity contribution < 1.29 is 69.3 Å². The van der Waals surface area contributed by atoms with Crippen molar-refractivity contribution in [2.45, 2.75) is 68.3 Å². The highest BCUT2D eigenvalue weighted by atomic mass is 16.7. The summed E-state index contributed by atoms with van der Waals surface area (Å²) in [5, 5.41) is 80.2. The van der Waals surface area contributed by atoms with E-state index in [4.69, 9.17) is 23.7 Å². The number of aliphatic hydroxyl groups is 7. The molecule has 2 aliphatic rings. The molecular weight excluding hydrogens is 476 g/mol. The summed E-state index contributed by atoms with van der Waals surface area (Å²) in [6.45, 7) is -0.0707. The van der Waals surface area contributed by atoms with Crippen LogP contribution in [0.4, 0.5) is 0 Å². The molecule has 1 aromatic rings. The van der Waals surface area contributed by atoms with Crippen LogP contribution in [0.25, 0.3) is 0 Å². The molecule has 0 radical (unpaired) electrons. The smallest absolute Gasteiger partial charge is 0.229 e. The number of ketones is 1. The Labute approximate surface area is 199 Å². The predicted molar refractivity (Wildman–Crippen MR) is 112 cm³/mol. The minimum Gasteiger partial charge on any atom is -0.507 e. The Balaban J connectivity index is 1.76. The average molecular weight is 506 g/mol. The first-order valence-electron chi connectivity index (χ1n) is 10.7. The van der Waals surface area contributed by atoms with Crippen LogP contribution < -0.4 is 9.47 Å². The van der Waals surface area contributed by atoms with Crippen molar-refractivity contribution in [2.24, 2.45) is 0 Å². The van der Waals surface area contributed by atoms with E-state index in [1.54, 1.807) is 0 Å². The summed E-state index contributed by atoms with van der Waals surface area (Å²) in [4.78, 5) is 12.0. The number of rotatable bonds is 8. The zero-order valence-electron chi connectivity index (χ0n) is 18.9. The lowest BCUT2D eigenvalue weighted by molar-refractivity contribution is -0.323. The maximum Gasteiger partial charge on any atom is 0.229 e. The SMILES string of the molecule is COc1cc(O)c(C(C)=O)c(O[C@H]2O[C@@H](CO[C@@H]3O[C@H](CO)[C@@H](O)[C@H](O)[C@@H]3O)[C@H](O)[C@@H](O)[C@@H]2O)c1. The lowest BCUT2D eigenvalue weighted by Crippen LogP contribution is -2.62. The van der Waals surface area contributed by atoms with Gasteiger partial charge in [0.25, 0.3) is 0 Å². The van der Waals surface area contributed by atoms with Crippen molar-refractivity contribution in [3.63, 3.8) is 0 Å². The van der Waals surface area contributed by atoms with E-state index in [1.807, 2.05) is 0 Å². The fourth-order valence-corrected chi connectivity index (χ4v) is 3.81. The summed E-state index contributed by atoms with van der Waals surface area (Å²) in [6.07, 6.45) is -16.1. The highest BCUT2D eigenvalue weighted by Gasteiger charge is 2.48. The Morgan fingerprint density at radius 1 is 0.886 bits per heavy atom. The van der Waals surface area contributed by atoms with Gasteiger partial charge in [-0.3, -0.25) is 4.79 Å². The van der Waals surface area contributed by atoms with Crippen LogP contribution in [0.3, 0.4) is 0 Å². The number of aliphatic hydroxyl groups excluding tert-OH is 7. The summed E-state index contributed by atoms with van der Waals surface area (Å²) in [7, 11) is 1.31. The highest BCUT2D eigenvalue weighted by Crippen LogP contribution is 2.36. The summed E-state index contributed by atoms with van der Waals surface area (Å²) in [5.41, 5.74) is -0.240. The first-order valence-corrected chi connectivity index (χ1v) is 10.7. The number of phenolic OH excluding ortho intramolecular Hbond substituents is 1. The largest absolute Gasteiger partial charge is 0.507 e. The number of carbonyl (C=O) groups is 1. The topological polar surface area (TPSA) is 225 Å². The first-order chi connectivity index (χ1) is 16.5. The number of carbonyl (C=O) groups excluding carboxylic acids is 1. The molecule has 1 aromatic carbocycles. The first kappa shape index (κ1) is 27.5. The van der Waals surface area contributed by atoms with E-state index in [0.29, 0.717) is 0 Å². The molecule has 0 saturated carbocycles. The number of phenols is 1. The summed E-state index contributed by atoms with van der Waals surface area (Å²) < 4.78 is 26.7. The number of methoxy groups -OCH3 is 1. The molecule has 14 nitrogen and oxygen atoms in total. The Kier molecular flexibility index (Phi) is 8.87. The molecule has 3 rings (SSSR count). The normalized spacial score (nSPS) is 37.6. The number of ether oxygens (including phenoxy) is 5. The minimum absolute atomic E-state index is 0.121. The molecule has 0 spiro atoms. The molecular formula is C21H30O14. The van der Waals surface area contributed by atoms with Gasteiger partial charge >= 0.3 is 0 Å². The lowest BCUT2D eigenvalue weighted by Gasteiger charge is -2.42. The van der Waals surface area contributed by atoms with E-state index >= 15 is 0 Å². The quantitative estimate of drug-likeness (QED) is 0.161. The van der Waals surface area contributed by atoms with Crippen molar-refractivity contribution in [3.8, 4) is 17.2 Å². The van der Waals surface area contributed by atoms with Crippen LogP contribution in [0.15, 0.2) is 12.1 Å². The molecule has 0 unspecified atom stereocenters. The molecule has 2 saturated heterocycles. The molecule has 2 fully saturated rings. The fraction of sp³-hybridized carbons (Fsp3) is 0.667. The van der Waals surface area contributed by atoms with E-state index in [9.17, 15) is 45.6 Å². The number of Topliss-reactive ketones (excluding diaryl/α,β-unsaturated/α-hetero) is 1. The van der Waals surface area contributed by atoms with Gasteiger partial charge in [-0.1, -0.05) is 0 Å². The molecule has 0 amide bonds. The molecule has 8 N–H and O–H groups in total. The number of hydrogen-bond donors (Lipinski definition) is 8. The van der Waals surface area contributed by atoms with Gasteiger partial charge in [-0.25, -0.2) is 0 Å². The molecule has 2 aliphatic heterocycles. The van der Waals surface area contributed by atoms with Crippen LogP contribution in [0.2, 0.25) is 0 Å². The molecule has 0 bridgehead atoms. The molecule has 2 heterocycles. The van der Waals surface area contributed by atoms with Crippen molar-refractivity contribution in [2.75, 3.05) is 20.3 Å². The van der Waals surface area contributed by atoms with Gasteiger partial charge in [0.1, 0.15) is 71.6 Å². The van der Waals surface area contributed by atoms with Crippen molar-refractivity contribution in [1.82, 2.24) is 0 Å². The Hall–Kier alpha value is -2.11. The monoisotopic (exact) mass is 506 g/mol. The van der Waals surface area contributed by atoms with Crippen LogP contribution in [-0.4, -0.2) is 128 Å². The van der Waals surface area contributed by atoms with Gasteiger partial charge in [0, 0.05) is 12.1 Å². The van der Waals surface area contributed by atoms with Crippen LogP contribution in [0.5, 0.6) is 17.2 Å². The third kappa shape index (κ3) is 5.67. The van der Waals surface area contributed by atoms with Crippen molar-refractivity contribution in [3.05, 3.63) is 17.7 Å². The van der Waals surface area contributed by atoms with Gasteiger partial charge in [0.2, 0.25) is 6.29 Å². The standard InChI is InChI=1S/C21H30O14/c1-7(23)13-9(24)3-8(31-2)4-10(13)33-21-19(30)17(28)15(26)12(35-21)6-32-20-18(29)16(27)14(25)11(5-22)34-20/h3-4,11-12,14-22,24-30H,5-6H2,1-2H3/t11-,12+,14-,15+,16+,17-,18+,19+,20-,21+/m1/s1. The van der Waals surface area contributed by atoms with Crippen LogP contribution in [-0.2, 0) is 14.2 Å². The number of aromatic hydroxyl groups is 1.